The lowest BCUT2D eigenvalue weighted by molar-refractivity contribution is 0.0706. The lowest BCUT2D eigenvalue weighted by Crippen LogP contribution is -2.18. The monoisotopic (exact) mass is 300 g/mol. The molecule has 106 valence electrons. The van der Waals surface area contributed by atoms with Crippen molar-refractivity contribution < 1.29 is 14.7 Å². The standard InChI is InChI=1S/C15H12N2O3S/c1-20-15-11(3-2-6-16-15)13-8-10-7-9(14(18)17-19)4-5-12(10)21-13/h2-8,19H,1H3,(H,17,18). The third-order valence-corrected chi connectivity index (χ3v) is 4.26. The quantitative estimate of drug-likeness (QED) is 0.576. The van der Waals surface area contributed by atoms with Crippen LogP contribution in [0.5, 0.6) is 5.88 Å². The zero-order valence-electron chi connectivity index (χ0n) is 11.2. The third kappa shape index (κ3) is 2.46. The van der Waals surface area contributed by atoms with E-state index < -0.39 is 5.91 Å². The Bertz CT molecular complexity index is 814. The van der Waals surface area contributed by atoms with Crippen LogP contribution in [0.4, 0.5) is 0 Å². The number of hydrogen-bond acceptors (Lipinski definition) is 5. The summed E-state index contributed by atoms with van der Waals surface area (Å²) in [6.07, 6.45) is 1.68. The van der Waals surface area contributed by atoms with Crippen molar-refractivity contribution in [1.82, 2.24) is 10.5 Å². The first-order chi connectivity index (χ1) is 10.2. The van der Waals surface area contributed by atoms with E-state index in [0.29, 0.717) is 11.4 Å². The number of pyridine rings is 1. The first-order valence-electron chi connectivity index (χ1n) is 6.20. The minimum absolute atomic E-state index is 0.410. The molecule has 0 saturated heterocycles. The van der Waals surface area contributed by atoms with E-state index in [2.05, 4.69) is 4.98 Å². The number of fused-ring (bicyclic) bond motifs is 1. The number of nitrogens with zero attached hydrogens (tertiary/aromatic N) is 1. The number of thiophene rings is 1. The van der Waals surface area contributed by atoms with Crippen molar-refractivity contribution in [2.24, 2.45) is 0 Å². The minimum atomic E-state index is -0.524. The maximum absolute atomic E-state index is 11.4. The van der Waals surface area contributed by atoms with Gasteiger partial charge in [-0.05, 0) is 41.8 Å². The fourth-order valence-electron chi connectivity index (χ4n) is 2.12. The molecule has 2 heterocycles. The normalized spacial score (nSPS) is 10.6. The molecule has 0 aliphatic carbocycles. The number of rotatable bonds is 3. The highest BCUT2D eigenvalue weighted by Gasteiger charge is 2.12. The molecule has 2 N–H and O–H groups in total. The number of nitrogens with one attached hydrogen (secondary N) is 1. The maximum atomic E-state index is 11.4. The van der Waals surface area contributed by atoms with Gasteiger partial charge in [0.05, 0.1) is 12.7 Å². The summed E-state index contributed by atoms with van der Waals surface area (Å²) in [5.74, 6) is 0.0426. The van der Waals surface area contributed by atoms with Crippen molar-refractivity contribution in [2.75, 3.05) is 7.11 Å². The molecule has 5 nitrogen and oxygen atoms in total. The van der Waals surface area contributed by atoms with Crippen LogP contribution in [0.15, 0.2) is 42.6 Å². The number of ether oxygens (including phenoxy) is 1. The highest BCUT2D eigenvalue weighted by atomic mass is 32.1. The number of amides is 1. The van der Waals surface area contributed by atoms with E-state index in [1.807, 2.05) is 24.3 Å². The molecule has 0 aliphatic heterocycles. The summed E-state index contributed by atoms with van der Waals surface area (Å²) in [7, 11) is 1.59. The maximum Gasteiger partial charge on any atom is 0.274 e. The Morgan fingerprint density at radius 2 is 2.19 bits per heavy atom. The molecule has 0 saturated carbocycles. The van der Waals surface area contributed by atoms with E-state index in [0.717, 1.165) is 20.5 Å². The fourth-order valence-corrected chi connectivity index (χ4v) is 3.18. The molecule has 3 aromatic rings. The van der Waals surface area contributed by atoms with Gasteiger partial charge in [0.25, 0.3) is 5.91 Å². The summed E-state index contributed by atoms with van der Waals surface area (Å²) < 4.78 is 6.32. The first-order valence-corrected chi connectivity index (χ1v) is 7.02. The van der Waals surface area contributed by atoms with Crippen LogP contribution in [-0.2, 0) is 0 Å². The van der Waals surface area contributed by atoms with E-state index in [1.165, 1.54) is 0 Å². The number of carbonyl (C=O) groups excluding carboxylic acids is 1. The van der Waals surface area contributed by atoms with Crippen molar-refractivity contribution in [3.8, 4) is 16.3 Å². The van der Waals surface area contributed by atoms with Crippen LogP contribution < -0.4 is 10.2 Å². The van der Waals surface area contributed by atoms with Crippen LogP contribution in [0.25, 0.3) is 20.5 Å². The van der Waals surface area contributed by atoms with Crippen LogP contribution in [0.3, 0.4) is 0 Å². The average Bonchev–Trinajstić information content (AvgIpc) is 2.96. The summed E-state index contributed by atoms with van der Waals surface area (Å²) in [5.41, 5.74) is 2.96. The number of benzene rings is 1. The van der Waals surface area contributed by atoms with E-state index in [1.54, 1.807) is 42.3 Å². The highest BCUT2D eigenvalue weighted by molar-refractivity contribution is 7.22. The van der Waals surface area contributed by atoms with Gasteiger partial charge in [-0.1, -0.05) is 0 Å². The minimum Gasteiger partial charge on any atom is -0.481 e. The molecule has 3 rings (SSSR count). The Hall–Kier alpha value is -2.44. The van der Waals surface area contributed by atoms with Gasteiger partial charge >= 0.3 is 0 Å². The Labute approximate surface area is 124 Å². The molecule has 0 bridgehead atoms. The third-order valence-electron chi connectivity index (χ3n) is 3.11. The number of aromatic nitrogens is 1. The molecule has 2 aromatic heterocycles. The van der Waals surface area contributed by atoms with Gasteiger partial charge in [-0.3, -0.25) is 10.0 Å². The van der Waals surface area contributed by atoms with E-state index >= 15 is 0 Å². The van der Waals surface area contributed by atoms with Crippen LogP contribution in [0.1, 0.15) is 10.4 Å². The highest BCUT2D eigenvalue weighted by Crippen LogP contribution is 2.37. The summed E-state index contributed by atoms with van der Waals surface area (Å²) in [5, 5.41) is 9.62. The zero-order valence-corrected chi connectivity index (χ0v) is 12.0. The second-order valence-corrected chi connectivity index (χ2v) is 5.45. The smallest absolute Gasteiger partial charge is 0.274 e. The van der Waals surface area contributed by atoms with Gasteiger partial charge in [0.2, 0.25) is 5.88 Å². The topological polar surface area (TPSA) is 71.5 Å². The van der Waals surface area contributed by atoms with Gasteiger partial charge in [0.1, 0.15) is 0 Å². The molecular weight excluding hydrogens is 288 g/mol. The molecule has 21 heavy (non-hydrogen) atoms. The molecule has 6 heteroatoms. The molecular formula is C15H12N2O3S. The lowest BCUT2D eigenvalue weighted by Gasteiger charge is -2.03. The summed E-state index contributed by atoms with van der Waals surface area (Å²) in [6, 6.07) is 11.0. The van der Waals surface area contributed by atoms with Gasteiger partial charge in [0.15, 0.2) is 0 Å². The number of hydrogen-bond donors (Lipinski definition) is 2. The van der Waals surface area contributed by atoms with Crippen molar-refractivity contribution >= 4 is 27.3 Å². The lowest BCUT2D eigenvalue weighted by atomic mass is 10.1. The van der Waals surface area contributed by atoms with Crippen LogP contribution >= 0.6 is 11.3 Å². The van der Waals surface area contributed by atoms with E-state index in [-0.39, 0.29) is 0 Å². The largest absolute Gasteiger partial charge is 0.481 e. The predicted molar refractivity (Wildman–Crippen MR) is 80.9 cm³/mol. The van der Waals surface area contributed by atoms with Crippen molar-refractivity contribution in [3.05, 3.63) is 48.2 Å². The van der Waals surface area contributed by atoms with Gasteiger partial charge in [-0.2, -0.15) is 0 Å². The Kier molecular flexibility index (Phi) is 3.55. The van der Waals surface area contributed by atoms with Crippen molar-refractivity contribution in [2.45, 2.75) is 0 Å². The number of hydroxylamine groups is 1. The van der Waals surface area contributed by atoms with Crippen LogP contribution in [0.2, 0.25) is 0 Å². The van der Waals surface area contributed by atoms with Crippen LogP contribution in [0, 0.1) is 0 Å². The zero-order chi connectivity index (χ0) is 14.8. The first kappa shape index (κ1) is 13.5. The van der Waals surface area contributed by atoms with Gasteiger partial charge in [-0.25, -0.2) is 10.5 Å². The average molecular weight is 300 g/mol. The second-order valence-electron chi connectivity index (χ2n) is 4.36. The summed E-state index contributed by atoms with van der Waals surface area (Å²) in [6.45, 7) is 0. The fraction of sp³-hybridized carbons (Fsp3) is 0.0667. The predicted octanol–water partition coefficient (Wildman–Crippen LogP) is 3.09. The molecule has 0 atom stereocenters. The Morgan fingerprint density at radius 1 is 1.33 bits per heavy atom. The molecule has 0 aliphatic rings. The van der Waals surface area contributed by atoms with Crippen molar-refractivity contribution in [3.63, 3.8) is 0 Å². The van der Waals surface area contributed by atoms with Gasteiger partial charge in [-0.15, -0.1) is 11.3 Å². The van der Waals surface area contributed by atoms with Gasteiger partial charge < -0.3 is 4.74 Å². The second kappa shape index (κ2) is 5.51. The molecule has 0 spiro atoms. The summed E-state index contributed by atoms with van der Waals surface area (Å²) in [4.78, 5) is 16.6. The van der Waals surface area contributed by atoms with E-state index in [9.17, 15) is 4.79 Å². The SMILES string of the molecule is COc1ncccc1-c1cc2cc(C(=O)NO)ccc2s1. The molecule has 1 amide bonds. The molecule has 0 fully saturated rings. The molecule has 0 radical (unpaired) electrons. The van der Waals surface area contributed by atoms with Crippen LogP contribution in [-0.4, -0.2) is 23.2 Å². The number of carbonyl (C=O) groups is 1. The van der Waals surface area contributed by atoms with E-state index in [4.69, 9.17) is 9.94 Å². The molecule has 0 unspecified atom stereocenters. The molecule has 1 aromatic carbocycles. The Morgan fingerprint density at radius 3 is 2.95 bits per heavy atom. The summed E-state index contributed by atoms with van der Waals surface area (Å²) >= 11 is 1.59. The van der Waals surface area contributed by atoms with Crippen molar-refractivity contribution in [1.29, 1.82) is 0 Å². The van der Waals surface area contributed by atoms with Gasteiger partial charge in [0, 0.05) is 21.3 Å². The number of methoxy groups -OCH3 is 1. The Balaban J connectivity index is 2.11.